The van der Waals surface area contributed by atoms with Gasteiger partial charge in [-0.25, -0.2) is 0 Å². The normalized spacial score (nSPS) is 13.2. The lowest BCUT2D eigenvalue weighted by molar-refractivity contribution is 0.757. The first-order chi connectivity index (χ1) is 42.3. The van der Waals surface area contributed by atoms with Crippen molar-refractivity contribution in [1.29, 1.82) is 0 Å². The molecule has 5 rings (SSSR count). The van der Waals surface area contributed by atoms with Gasteiger partial charge in [0.2, 0.25) is 35.7 Å². The molecule has 0 saturated heterocycles. The van der Waals surface area contributed by atoms with Crippen LogP contribution in [0.5, 0.6) is 0 Å². The Morgan fingerprint density at radius 3 is 0.713 bits per heavy atom. The largest absolute Gasteiger partial charge is 0.357 e. The highest BCUT2D eigenvalue weighted by Gasteiger charge is 2.19. The molecule has 0 aliphatic rings. The van der Waals surface area contributed by atoms with Crippen molar-refractivity contribution in [2.45, 2.75) is 242 Å². The van der Waals surface area contributed by atoms with Crippen molar-refractivity contribution in [3.8, 4) is 0 Å². The molecular formula is C56H95N21S10. The fraction of sp³-hybridized carbons (Fsp3) is 0.732. The van der Waals surface area contributed by atoms with Gasteiger partial charge in [-0.1, -0.05) is 205 Å². The van der Waals surface area contributed by atoms with Gasteiger partial charge in [-0.05, 0) is 66.7 Å². The first-order valence-corrected chi connectivity index (χ1v) is 40.4. The third-order valence-corrected chi connectivity index (χ3v) is 21.8. The third kappa shape index (κ3) is 32.0. The highest BCUT2D eigenvalue weighted by atomic mass is 32.2. The number of hydrogen-bond acceptors (Lipinski definition) is 31. The Kier molecular flexibility index (Phi) is 38.6. The fourth-order valence-corrected chi connectivity index (χ4v) is 15.0. The van der Waals surface area contributed by atoms with Gasteiger partial charge in [-0.2, -0.15) is 87.4 Å². The quantitative estimate of drug-likeness (QED) is 0.0108. The summed E-state index contributed by atoms with van der Waals surface area (Å²) < 4.78 is 0. The van der Waals surface area contributed by atoms with Gasteiger partial charge in [-0.3, -0.25) is 0 Å². The molecule has 0 aliphatic carbocycles. The second-order valence-electron chi connectivity index (χ2n) is 20.8. The minimum Gasteiger partial charge on any atom is -0.357 e. The SMILES string of the molecule is CCCCCSc1nc(NC)nc(NC(C)CSc2nc(NC(C)CSc3nc(NC(C)CSc4nc(NC(C)CSc5nc(NC(C)CS)nc(SCCCCC)n5)nc(SCCCCC)n4)nc(SCCCCC)n3)nc(SCCCCC)n2)n1. The molecule has 0 radical (unpaired) electrons. The molecule has 0 saturated carbocycles. The highest BCUT2D eigenvalue weighted by Crippen LogP contribution is 2.29. The number of aromatic nitrogens is 15. The van der Waals surface area contributed by atoms with E-state index in [-0.39, 0.29) is 30.2 Å². The molecule has 0 fully saturated rings. The summed E-state index contributed by atoms with van der Waals surface area (Å²) in [7, 11) is 1.83. The summed E-state index contributed by atoms with van der Waals surface area (Å²) in [5.74, 6) is 11.5. The Balaban J connectivity index is 1.23. The first kappa shape index (κ1) is 75.1. The molecule has 484 valence electrons. The standard InChI is InChI=1S/C56H95N21S10/c1-12-17-22-27-79-48-64-42(57-11)63-43(65-48)59-38(7)33-84-54-71-45(67-50(75-54)81-29-24-19-14-3)61-40(9)35-86-56-73-47(69-52(77-56)83-31-26-21-16-5)62-41(10)36-87-55-72-46(68-51(76-55)82-30-25-20-15-4)60-39(8)34-85-53-70-44(58-37(6)32-78)66-49(74-53)80-28-23-18-13-2/h37-41,78H,12-36H2,1-11H3,(H,58,66,70,74)(H,60,68,72,76)(H,61,67,71,75)(H,62,69,73,77)(H2,57,59,63,64,65). The second kappa shape index (κ2) is 44.8. The lowest BCUT2D eigenvalue weighted by Crippen LogP contribution is -2.22. The monoisotopic (exact) mass is 1380 g/mol. The van der Waals surface area contributed by atoms with Crippen LogP contribution in [0.3, 0.4) is 0 Å². The van der Waals surface area contributed by atoms with Gasteiger partial charge < -0.3 is 31.9 Å². The topological polar surface area (TPSA) is 266 Å². The number of unbranched alkanes of at least 4 members (excludes halogenated alkanes) is 10. The maximum absolute atomic E-state index is 4.96. The van der Waals surface area contributed by atoms with Crippen molar-refractivity contribution in [3.05, 3.63) is 0 Å². The predicted octanol–water partition coefficient (Wildman–Crippen LogP) is 15.2. The number of anilines is 6. The number of hydrogen-bond donors (Lipinski definition) is 7. The molecule has 0 spiro atoms. The molecule has 6 N–H and O–H groups in total. The Hall–Kier alpha value is -2.65. The van der Waals surface area contributed by atoms with Crippen LogP contribution in [0.1, 0.15) is 166 Å². The summed E-state index contributed by atoms with van der Waals surface area (Å²) in [4.78, 5) is 72.5. The third-order valence-electron chi connectivity index (χ3n) is 12.1. The maximum atomic E-state index is 4.96. The number of thiol groups is 1. The average molecular weight is 1380 g/mol. The maximum Gasteiger partial charge on any atom is 0.228 e. The Bertz CT molecular complexity index is 2700. The molecule has 0 aliphatic heterocycles. The van der Waals surface area contributed by atoms with E-state index in [9.17, 15) is 0 Å². The summed E-state index contributed by atoms with van der Waals surface area (Å²) in [6, 6.07) is 0.0950. The number of nitrogens with one attached hydrogen (secondary N) is 6. The van der Waals surface area contributed by atoms with Crippen molar-refractivity contribution in [1.82, 2.24) is 74.8 Å². The zero-order valence-corrected chi connectivity index (χ0v) is 61.1. The summed E-state index contributed by atoms with van der Waals surface area (Å²) in [5.41, 5.74) is 0. The molecule has 5 aromatic heterocycles. The molecule has 0 aromatic carbocycles. The van der Waals surface area contributed by atoms with Gasteiger partial charge in [0.1, 0.15) is 0 Å². The van der Waals surface area contributed by atoms with Gasteiger partial charge in [0.05, 0.1) is 0 Å². The van der Waals surface area contributed by atoms with E-state index in [1.165, 1.54) is 32.1 Å². The van der Waals surface area contributed by atoms with E-state index in [0.717, 1.165) is 98.1 Å². The predicted molar refractivity (Wildman–Crippen MR) is 382 cm³/mol. The van der Waals surface area contributed by atoms with E-state index in [4.69, 9.17) is 64.8 Å². The number of thioether (sulfide) groups is 9. The van der Waals surface area contributed by atoms with Crippen LogP contribution in [0.15, 0.2) is 46.4 Å². The molecule has 0 amide bonds. The zero-order chi connectivity index (χ0) is 62.4. The minimum atomic E-state index is -0.0286. The smallest absolute Gasteiger partial charge is 0.228 e. The first-order valence-electron chi connectivity index (χ1n) is 30.9. The van der Waals surface area contributed by atoms with Gasteiger partial charge in [0.25, 0.3) is 0 Å². The van der Waals surface area contributed by atoms with Crippen LogP contribution in [-0.4, -0.2) is 170 Å². The molecule has 21 nitrogen and oxygen atoms in total. The summed E-state index contributed by atoms with van der Waals surface area (Å²) >= 11 is 19.2. The van der Waals surface area contributed by atoms with Crippen molar-refractivity contribution in [3.63, 3.8) is 0 Å². The van der Waals surface area contributed by atoms with Crippen LogP contribution >= 0.6 is 118 Å². The lowest BCUT2D eigenvalue weighted by Gasteiger charge is -2.17. The molecule has 5 aromatic rings. The molecule has 31 heteroatoms. The molecule has 5 atom stereocenters. The van der Waals surface area contributed by atoms with Crippen LogP contribution in [0.4, 0.5) is 35.7 Å². The van der Waals surface area contributed by atoms with Crippen LogP contribution < -0.4 is 31.9 Å². The molecule has 0 bridgehead atoms. The Morgan fingerprint density at radius 1 is 0.276 bits per heavy atom. The van der Waals surface area contributed by atoms with Crippen LogP contribution in [0.25, 0.3) is 0 Å². The molecular weight excluding hydrogens is 1290 g/mol. The zero-order valence-electron chi connectivity index (χ0n) is 52.9. The average Bonchev–Trinajstić information content (AvgIpc) is 3.63. The van der Waals surface area contributed by atoms with E-state index >= 15 is 0 Å². The number of nitrogens with zero attached hydrogens (tertiary/aromatic N) is 15. The van der Waals surface area contributed by atoms with Gasteiger partial charge in [-0.15, -0.1) is 0 Å². The highest BCUT2D eigenvalue weighted by molar-refractivity contribution is 8.01. The van der Waals surface area contributed by atoms with E-state index in [1.54, 1.807) is 106 Å². The number of rotatable bonds is 49. The van der Waals surface area contributed by atoms with E-state index in [0.29, 0.717) is 106 Å². The van der Waals surface area contributed by atoms with Gasteiger partial charge in [0.15, 0.2) is 46.4 Å². The second-order valence-corrected chi connectivity index (χ2v) is 30.5. The van der Waals surface area contributed by atoms with Crippen molar-refractivity contribution >= 4 is 154 Å². The summed E-state index contributed by atoms with van der Waals surface area (Å²) in [5, 5.41) is 27.0. The molecule has 5 unspecified atom stereocenters. The van der Waals surface area contributed by atoms with Crippen LogP contribution in [-0.2, 0) is 0 Å². The van der Waals surface area contributed by atoms with E-state index in [2.05, 4.69) is 124 Å². The van der Waals surface area contributed by atoms with Crippen LogP contribution in [0, 0.1) is 0 Å². The minimum absolute atomic E-state index is 0.00406. The van der Waals surface area contributed by atoms with Crippen LogP contribution in [0.2, 0.25) is 0 Å². The molecule has 87 heavy (non-hydrogen) atoms. The summed E-state index contributed by atoms with van der Waals surface area (Å²) in [6.45, 7) is 21.7. The lowest BCUT2D eigenvalue weighted by atomic mass is 10.3. The Morgan fingerprint density at radius 2 is 0.483 bits per heavy atom. The van der Waals surface area contributed by atoms with E-state index < -0.39 is 0 Å². The Labute approximate surface area is 562 Å². The van der Waals surface area contributed by atoms with Crippen molar-refractivity contribution in [2.24, 2.45) is 0 Å². The molecule has 5 heterocycles. The fourth-order valence-electron chi connectivity index (χ4n) is 7.41. The van der Waals surface area contributed by atoms with E-state index in [1.807, 2.05) is 7.05 Å². The van der Waals surface area contributed by atoms with Crippen molar-refractivity contribution < 1.29 is 0 Å². The van der Waals surface area contributed by atoms with Crippen molar-refractivity contribution in [2.75, 3.05) is 96.5 Å². The van der Waals surface area contributed by atoms with Gasteiger partial charge >= 0.3 is 0 Å². The summed E-state index contributed by atoms with van der Waals surface area (Å²) in [6.07, 6.45) is 17.2. The van der Waals surface area contributed by atoms with Gasteiger partial charge in [0, 0.05) is 94.8 Å².